The van der Waals surface area contributed by atoms with Gasteiger partial charge >= 0.3 is 5.97 Å². The molecular weight excluding hydrogens is 310 g/mol. The number of benzene rings is 1. The van der Waals surface area contributed by atoms with Crippen LogP contribution in [0.15, 0.2) is 18.2 Å². The van der Waals surface area contributed by atoms with E-state index in [1.54, 1.807) is 30.0 Å². The molecule has 1 aromatic carbocycles. The minimum Gasteiger partial charge on any atom is -0.496 e. The molecule has 1 unspecified atom stereocenters. The minimum atomic E-state index is -0.904. The smallest absolute Gasteiger partial charge is 0.311 e. The Labute approximate surface area is 141 Å². The zero-order valence-corrected chi connectivity index (χ0v) is 14.3. The summed E-state index contributed by atoms with van der Waals surface area (Å²) in [6, 6.07) is 5.01. The molecule has 6 nitrogen and oxygen atoms in total. The fraction of sp³-hybridized carbons (Fsp3) is 0.500. The maximum Gasteiger partial charge on any atom is 0.311 e. The number of methoxy groups -OCH3 is 1. The lowest BCUT2D eigenvalue weighted by Gasteiger charge is -2.37. The molecule has 0 spiro atoms. The van der Waals surface area contributed by atoms with Gasteiger partial charge in [0.05, 0.1) is 18.9 Å². The van der Waals surface area contributed by atoms with Crippen molar-refractivity contribution in [2.45, 2.75) is 33.1 Å². The third-order valence-electron chi connectivity index (χ3n) is 4.59. The number of rotatable bonds is 5. The van der Waals surface area contributed by atoms with Crippen LogP contribution in [0.5, 0.6) is 5.75 Å². The largest absolute Gasteiger partial charge is 0.496 e. The van der Waals surface area contributed by atoms with Crippen molar-refractivity contribution >= 4 is 17.7 Å². The number of Topliss-reactive ketones (excluding diaryl/α,β-unsaturated/α-hetero) is 1. The Hall–Kier alpha value is -2.37. The Morgan fingerprint density at radius 1 is 1.33 bits per heavy atom. The monoisotopic (exact) mass is 333 g/mol. The van der Waals surface area contributed by atoms with Gasteiger partial charge in [0.15, 0.2) is 5.78 Å². The summed E-state index contributed by atoms with van der Waals surface area (Å²) in [7, 11) is 1.51. The first kappa shape index (κ1) is 18.0. The maximum atomic E-state index is 12.6. The normalized spacial score (nSPS) is 20.5. The Balaban J connectivity index is 2.18. The van der Waals surface area contributed by atoms with E-state index in [2.05, 4.69) is 0 Å². The number of aliphatic carboxylic acids is 1. The van der Waals surface area contributed by atoms with Crippen molar-refractivity contribution < 1.29 is 24.2 Å². The van der Waals surface area contributed by atoms with Gasteiger partial charge in [0.1, 0.15) is 5.75 Å². The quantitative estimate of drug-likeness (QED) is 0.835. The molecule has 0 bridgehead atoms. The van der Waals surface area contributed by atoms with Gasteiger partial charge in [0.25, 0.3) is 0 Å². The van der Waals surface area contributed by atoms with E-state index >= 15 is 0 Å². The zero-order chi connectivity index (χ0) is 17.9. The number of carbonyl (C=O) groups excluding carboxylic acids is 2. The highest BCUT2D eigenvalue weighted by molar-refractivity contribution is 5.94. The van der Waals surface area contributed by atoms with Gasteiger partial charge in [-0.25, -0.2) is 0 Å². The molecule has 0 aliphatic carbocycles. The lowest BCUT2D eigenvalue weighted by atomic mass is 9.82. The number of carbonyl (C=O) groups is 3. The second kappa shape index (κ2) is 7.03. The predicted octanol–water partition coefficient (Wildman–Crippen LogP) is 2.15. The molecule has 0 radical (unpaired) electrons. The van der Waals surface area contributed by atoms with E-state index in [1.807, 2.05) is 0 Å². The summed E-state index contributed by atoms with van der Waals surface area (Å²) in [4.78, 5) is 37.2. The van der Waals surface area contributed by atoms with Crippen molar-refractivity contribution in [1.29, 1.82) is 0 Å². The van der Waals surface area contributed by atoms with Crippen LogP contribution in [0.25, 0.3) is 0 Å². The number of carboxylic acids is 1. The van der Waals surface area contributed by atoms with E-state index in [9.17, 15) is 19.5 Å². The van der Waals surface area contributed by atoms with Crippen LogP contribution < -0.4 is 4.74 Å². The van der Waals surface area contributed by atoms with Crippen LogP contribution in [0.2, 0.25) is 0 Å². The van der Waals surface area contributed by atoms with E-state index in [-0.39, 0.29) is 24.7 Å². The van der Waals surface area contributed by atoms with Gasteiger partial charge in [-0.3, -0.25) is 14.4 Å². The van der Waals surface area contributed by atoms with Crippen LogP contribution >= 0.6 is 0 Å². The molecule has 0 aromatic heterocycles. The van der Waals surface area contributed by atoms with Gasteiger partial charge in [-0.05, 0) is 44.9 Å². The Morgan fingerprint density at radius 2 is 2.04 bits per heavy atom. The van der Waals surface area contributed by atoms with Gasteiger partial charge in [0, 0.05) is 24.2 Å². The van der Waals surface area contributed by atoms with E-state index < -0.39 is 11.4 Å². The summed E-state index contributed by atoms with van der Waals surface area (Å²) in [6.07, 6.45) is 1.31. The Bertz CT molecular complexity index is 669. The van der Waals surface area contributed by atoms with Gasteiger partial charge in [0.2, 0.25) is 5.91 Å². The van der Waals surface area contributed by atoms with Crippen molar-refractivity contribution in [3.05, 3.63) is 29.3 Å². The van der Waals surface area contributed by atoms with Crippen LogP contribution in [-0.2, 0) is 16.0 Å². The van der Waals surface area contributed by atoms with Gasteiger partial charge in [-0.2, -0.15) is 0 Å². The van der Waals surface area contributed by atoms with E-state index in [0.717, 1.165) is 0 Å². The number of hydrogen-bond acceptors (Lipinski definition) is 4. The first-order valence-electron chi connectivity index (χ1n) is 7.96. The highest BCUT2D eigenvalue weighted by atomic mass is 16.5. The summed E-state index contributed by atoms with van der Waals surface area (Å²) in [5, 5.41) is 9.37. The highest BCUT2D eigenvalue weighted by Gasteiger charge is 2.39. The number of carboxylic acid groups (broad SMARTS) is 1. The summed E-state index contributed by atoms with van der Waals surface area (Å²) in [5.74, 6) is -0.563. The number of piperidine rings is 1. The number of hydrogen-bond donors (Lipinski definition) is 1. The molecule has 1 N–H and O–H groups in total. The number of ether oxygens (including phenoxy) is 1. The van der Waals surface area contributed by atoms with E-state index in [1.165, 1.54) is 14.0 Å². The van der Waals surface area contributed by atoms with Crippen molar-refractivity contribution in [2.24, 2.45) is 5.41 Å². The van der Waals surface area contributed by atoms with Crippen molar-refractivity contribution in [2.75, 3.05) is 20.2 Å². The van der Waals surface area contributed by atoms with Crippen molar-refractivity contribution in [3.8, 4) is 5.75 Å². The summed E-state index contributed by atoms with van der Waals surface area (Å²) in [5.41, 5.74) is 0.254. The maximum absolute atomic E-state index is 12.6. The molecule has 24 heavy (non-hydrogen) atoms. The summed E-state index contributed by atoms with van der Waals surface area (Å²) < 4.78 is 5.27. The standard InChI is InChI=1S/C18H23NO5/c1-12(20)13-5-6-15(24-3)14(9-13)10-16(21)19-8-4-7-18(2,11-19)17(22)23/h5-6,9H,4,7-8,10-11H2,1-3H3,(H,22,23). The SMILES string of the molecule is COc1ccc(C(C)=O)cc1CC(=O)N1CCCC(C)(C(=O)O)C1. The highest BCUT2D eigenvalue weighted by Crippen LogP contribution is 2.30. The molecule has 0 saturated carbocycles. The Kier molecular flexibility index (Phi) is 5.26. The van der Waals surface area contributed by atoms with Crippen LogP contribution in [0, 0.1) is 5.41 Å². The molecule has 1 fully saturated rings. The van der Waals surface area contributed by atoms with Crippen LogP contribution in [0.3, 0.4) is 0 Å². The lowest BCUT2D eigenvalue weighted by molar-refractivity contribution is -0.153. The van der Waals surface area contributed by atoms with Crippen molar-refractivity contribution in [1.82, 2.24) is 4.90 Å². The van der Waals surface area contributed by atoms with E-state index in [4.69, 9.17) is 4.74 Å². The van der Waals surface area contributed by atoms with Crippen LogP contribution in [0.1, 0.15) is 42.6 Å². The topological polar surface area (TPSA) is 83.9 Å². The van der Waals surface area contributed by atoms with Crippen LogP contribution in [-0.4, -0.2) is 47.9 Å². The predicted molar refractivity (Wildman–Crippen MR) is 88.3 cm³/mol. The molecule has 2 rings (SSSR count). The molecule has 1 heterocycles. The average Bonchev–Trinajstić information content (AvgIpc) is 2.54. The molecule has 6 heteroatoms. The number of amides is 1. The molecule has 1 saturated heterocycles. The number of nitrogens with zero attached hydrogens (tertiary/aromatic N) is 1. The molecule has 1 aliphatic heterocycles. The van der Waals surface area contributed by atoms with Gasteiger partial charge in [-0.1, -0.05) is 0 Å². The fourth-order valence-electron chi connectivity index (χ4n) is 3.04. The molecule has 1 amide bonds. The van der Waals surface area contributed by atoms with Crippen molar-refractivity contribution in [3.63, 3.8) is 0 Å². The average molecular weight is 333 g/mol. The third-order valence-corrected chi connectivity index (χ3v) is 4.59. The second-order valence-corrected chi connectivity index (χ2v) is 6.54. The minimum absolute atomic E-state index is 0.0808. The molecule has 130 valence electrons. The van der Waals surface area contributed by atoms with Crippen LogP contribution in [0.4, 0.5) is 0 Å². The van der Waals surface area contributed by atoms with Gasteiger partial charge in [-0.15, -0.1) is 0 Å². The van der Waals surface area contributed by atoms with Gasteiger partial charge < -0.3 is 14.7 Å². The van der Waals surface area contributed by atoms with E-state index in [0.29, 0.717) is 36.3 Å². The number of ketones is 1. The third kappa shape index (κ3) is 3.75. The molecular formula is C18H23NO5. The molecule has 1 aromatic rings. The second-order valence-electron chi connectivity index (χ2n) is 6.54. The molecule has 1 atom stereocenters. The Morgan fingerprint density at radius 3 is 2.62 bits per heavy atom. The summed E-state index contributed by atoms with van der Waals surface area (Å²) in [6.45, 7) is 3.90. The number of likely N-dealkylation sites (tertiary alicyclic amines) is 1. The molecule has 1 aliphatic rings. The zero-order valence-electron chi connectivity index (χ0n) is 14.3. The lowest BCUT2D eigenvalue weighted by Crippen LogP contribution is -2.48. The fourth-order valence-corrected chi connectivity index (χ4v) is 3.04. The summed E-state index contributed by atoms with van der Waals surface area (Å²) >= 11 is 0. The first-order valence-corrected chi connectivity index (χ1v) is 7.96. The first-order chi connectivity index (χ1) is 11.3.